The lowest BCUT2D eigenvalue weighted by molar-refractivity contribution is 0.587. The molecule has 1 fully saturated rings. The summed E-state index contributed by atoms with van der Waals surface area (Å²) in [7, 11) is -2.97. The van der Waals surface area contributed by atoms with Gasteiger partial charge in [0.1, 0.15) is 5.82 Å². The topological polar surface area (TPSA) is 85.9 Å². The summed E-state index contributed by atoms with van der Waals surface area (Å²) in [6.07, 6.45) is 4.03. The molecule has 0 unspecified atom stereocenters. The number of sulfone groups is 1. The molecule has 0 amide bonds. The number of fused-ring (bicyclic) bond motifs is 1. The fourth-order valence-corrected chi connectivity index (χ4v) is 3.26. The molecule has 0 spiro atoms. The van der Waals surface area contributed by atoms with E-state index in [1.807, 2.05) is 0 Å². The Bertz CT molecular complexity index is 549. The zero-order valence-electron chi connectivity index (χ0n) is 8.81. The van der Waals surface area contributed by atoms with E-state index in [-0.39, 0.29) is 11.5 Å². The fourth-order valence-electron chi connectivity index (χ4n) is 1.92. The number of rotatable bonds is 1. The highest BCUT2D eigenvalue weighted by Crippen LogP contribution is 2.40. The number of hydrogen-bond donors (Lipinski definition) is 1. The highest BCUT2D eigenvalue weighted by Gasteiger charge is 2.43. The normalized spacial score (nSPS) is 24.8. The van der Waals surface area contributed by atoms with Gasteiger partial charge in [0.2, 0.25) is 0 Å². The standard InChI is InChI=1S/C10H13N3O2S/c11-10(2-3-10)9-12-5-7-1-4-16(14,15)6-8(7)13-9/h5H,1-4,6,11H2. The number of aromatic nitrogens is 2. The molecule has 0 bridgehead atoms. The monoisotopic (exact) mass is 239 g/mol. The van der Waals surface area contributed by atoms with Gasteiger partial charge in [-0.05, 0) is 24.8 Å². The molecule has 16 heavy (non-hydrogen) atoms. The van der Waals surface area contributed by atoms with Crippen molar-refractivity contribution in [1.82, 2.24) is 9.97 Å². The second-order valence-corrected chi connectivity index (χ2v) is 6.85. The van der Waals surface area contributed by atoms with Crippen LogP contribution >= 0.6 is 0 Å². The molecule has 2 heterocycles. The van der Waals surface area contributed by atoms with Crippen molar-refractivity contribution in [3.05, 3.63) is 23.3 Å². The molecule has 3 rings (SSSR count). The van der Waals surface area contributed by atoms with Gasteiger partial charge < -0.3 is 5.73 Å². The highest BCUT2D eigenvalue weighted by molar-refractivity contribution is 7.90. The maximum absolute atomic E-state index is 11.5. The molecule has 1 aromatic heterocycles. The molecule has 1 aliphatic carbocycles. The molecule has 0 atom stereocenters. The summed E-state index contributed by atoms with van der Waals surface area (Å²) in [5, 5.41) is 0. The smallest absolute Gasteiger partial charge is 0.156 e. The summed E-state index contributed by atoms with van der Waals surface area (Å²) in [5.41, 5.74) is 7.19. The minimum atomic E-state index is -2.97. The predicted octanol–water partition coefficient (Wildman–Crippen LogP) is -0.105. The largest absolute Gasteiger partial charge is 0.319 e. The molecule has 2 N–H and O–H groups in total. The summed E-state index contributed by atoms with van der Waals surface area (Å²) in [4.78, 5) is 8.57. The van der Waals surface area contributed by atoms with E-state index in [9.17, 15) is 8.42 Å². The number of nitrogens with two attached hydrogens (primary N) is 1. The van der Waals surface area contributed by atoms with E-state index < -0.39 is 15.4 Å². The van der Waals surface area contributed by atoms with Crippen molar-refractivity contribution in [3.63, 3.8) is 0 Å². The first-order valence-corrected chi connectivity index (χ1v) is 7.15. The van der Waals surface area contributed by atoms with Crippen LogP contribution in [0, 0.1) is 0 Å². The summed E-state index contributed by atoms with van der Waals surface area (Å²) in [5.74, 6) is 0.841. The molecule has 1 aromatic rings. The Morgan fingerprint density at radius 3 is 2.81 bits per heavy atom. The second-order valence-electron chi connectivity index (χ2n) is 4.66. The Hall–Kier alpha value is -1.01. The summed E-state index contributed by atoms with van der Waals surface area (Å²) < 4.78 is 23.0. The third kappa shape index (κ3) is 1.62. The van der Waals surface area contributed by atoms with Crippen LogP contribution in [0.2, 0.25) is 0 Å². The number of nitrogens with zero attached hydrogens (tertiary/aromatic N) is 2. The first-order valence-electron chi connectivity index (χ1n) is 5.33. The van der Waals surface area contributed by atoms with Gasteiger partial charge >= 0.3 is 0 Å². The van der Waals surface area contributed by atoms with Crippen molar-refractivity contribution in [3.8, 4) is 0 Å². The van der Waals surface area contributed by atoms with Crippen LogP contribution in [-0.2, 0) is 27.5 Å². The molecule has 86 valence electrons. The third-order valence-electron chi connectivity index (χ3n) is 3.23. The zero-order valence-corrected chi connectivity index (χ0v) is 9.63. The van der Waals surface area contributed by atoms with Crippen molar-refractivity contribution >= 4 is 9.84 Å². The Balaban J connectivity index is 2.04. The molecule has 0 radical (unpaired) electrons. The fraction of sp³-hybridized carbons (Fsp3) is 0.600. The lowest BCUT2D eigenvalue weighted by atomic mass is 10.1. The van der Waals surface area contributed by atoms with E-state index >= 15 is 0 Å². The molecule has 1 saturated carbocycles. The molecule has 5 nitrogen and oxygen atoms in total. The van der Waals surface area contributed by atoms with E-state index in [2.05, 4.69) is 9.97 Å². The van der Waals surface area contributed by atoms with E-state index in [1.165, 1.54) is 0 Å². The summed E-state index contributed by atoms with van der Waals surface area (Å²) >= 11 is 0. The van der Waals surface area contributed by atoms with E-state index in [4.69, 9.17) is 5.73 Å². The molecule has 6 heteroatoms. The van der Waals surface area contributed by atoms with Crippen LogP contribution in [0.5, 0.6) is 0 Å². The minimum absolute atomic E-state index is 0.0356. The van der Waals surface area contributed by atoms with Crippen LogP contribution < -0.4 is 5.73 Å². The molecular formula is C10H13N3O2S. The van der Waals surface area contributed by atoms with E-state index in [1.54, 1.807) is 6.20 Å². The van der Waals surface area contributed by atoms with Gasteiger partial charge in [-0.3, -0.25) is 0 Å². The van der Waals surface area contributed by atoms with Crippen LogP contribution in [0.1, 0.15) is 29.9 Å². The quantitative estimate of drug-likeness (QED) is 0.739. The average molecular weight is 239 g/mol. The van der Waals surface area contributed by atoms with Crippen molar-refractivity contribution in [2.75, 3.05) is 5.75 Å². The van der Waals surface area contributed by atoms with Gasteiger partial charge in [0, 0.05) is 6.20 Å². The molecule has 2 aliphatic rings. The molecule has 0 saturated heterocycles. The van der Waals surface area contributed by atoms with Gasteiger partial charge in [0.15, 0.2) is 9.84 Å². The zero-order chi connectivity index (χ0) is 11.4. The van der Waals surface area contributed by atoms with Gasteiger partial charge in [0.25, 0.3) is 0 Å². The Kier molecular flexibility index (Phi) is 1.91. The van der Waals surface area contributed by atoms with Crippen LogP contribution in [-0.4, -0.2) is 24.1 Å². The number of hydrogen-bond acceptors (Lipinski definition) is 5. The lowest BCUT2D eigenvalue weighted by Gasteiger charge is -2.17. The minimum Gasteiger partial charge on any atom is -0.319 e. The van der Waals surface area contributed by atoms with Gasteiger partial charge in [-0.2, -0.15) is 0 Å². The van der Waals surface area contributed by atoms with Crippen LogP contribution in [0.4, 0.5) is 0 Å². The van der Waals surface area contributed by atoms with E-state index in [0.717, 1.165) is 18.4 Å². The van der Waals surface area contributed by atoms with Gasteiger partial charge in [-0.1, -0.05) is 0 Å². The molecule has 0 aromatic carbocycles. The van der Waals surface area contributed by atoms with Crippen molar-refractivity contribution < 1.29 is 8.42 Å². The van der Waals surface area contributed by atoms with Crippen molar-refractivity contribution in [2.45, 2.75) is 30.6 Å². The highest BCUT2D eigenvalue weighted by atomic mass is 32.2. The molecule has 1 aliphatic heterocycles. The SMILES string of the molecule is NC1(c2ncc3c(n2)CS(=O)(=O)CC3)CC1. The second kappa shape index (κ2) is 3.01. The summed E-state index contributed by atoms with van der Waals surface area (Å²) in [6.45, 7) is 0. The number of aryl methyl sites for hydroxylation is 1. The third-order valence-corrected chi connectivity index (χ3v) is 4.77. The summed E-state index contributed by atoms with van der Waals surface area (Å²) in [6, 6.07) is 0. The first kappa shape index (κ1) is 10.2. The predicted molar refractivity (Wildman–Crippen MR) is 58.3 cm³/mol. The van der Waals surface area contributed by atoms with Gasteiger partial charge in [-0.15, -0.1) is 0 Å². The average Bonchev–Trinajstić information content (AvgIpc) is 2.95. The van der Waals surface area contributed by atoms with Crippen LogP contribution in [0.3, 0.4) is 0 Å². The van der Waals surface area contributed by atoms with Gasteiger partial charge in [-0.25, -0.2) is 18.4 Å². The lowest BCUT2D eigenvalue weighted by Crippen LogP contribution is -2.26. The Morgan fingerprint density at radius 2 is 2.12 bits per heavy atom. The maximum Gasteiger partial charge on any atom is 0.156 e. The van der Waals surface area contributed by atoms with Crippen molar-refractivity contribution in [1.29, 1.82) is 0 Å². The Morgan fingerprint density at radius 1 is 1.38 bits per heavy atom. The van der Waals surface area contributed by atoms with Crippen molar-refractivity contribution in [2.24, 2.45) is 5.73 Å². The molecular weight excluding hydrogens is 226 g/mol. The van der Waals surface area contributed by atoms with Gasteiger partial charge in [0.05, 0.1) is 22.7 Å². The van der Waals surface area contributed by atoms with E-state index in [0.29, 0.717) is 17.9 Å². The van der Waals surface area contributed by atoms with Crippen LogP contribution in [0.15, 0.2) is 6.20 Å². The Labute approximate surface area is 94.0 Å². The first-order chi connectivity index (χ1) is 7.49. The maximum atomic E-state index is 11.5. The van der Waals surface area contributed by atoms with Crippen LogP contribution in [0.25, 0.3) is 0 Å².